The smallest absolute Gasteiger partial charge is 0.273 e. The fourth-order valence-corrected chi connectivity index (χ4v) is 4.32. The molecule has 0 aliphatic carbocycles. The Labute approximate surface area is 170 Å². The van der Waals surface area contributed by atoms with Crippen molar-refractivity contribution in [3.63, 3.8) is 0 Å². The first kappa shape index (κ1) is 21.1. The van der Waals surface area contributed by atoms with Gasteiger partial charge in [0.1, 0.15) is 10.7 Å². The van der Waals surface area contributed by atoms with E-state index >= 15 is 0 Å². The second-order valence-corrected chi connectivity index (χ2v) is 7.24. The van der Waals surface area contributed by atoms with Crippen LogP contribution >= 0.6 is 36.2 Å². The maximum absolute atomic E-state index is 12.8. The summed E-state index contributed by atoms with van der Waals surface area (Å²) in [5.74, 6) is 0.0751. The predicted molar refractivity (Wildman–Crippen MR) is 111 cm³/mol. The van der Waals surface area contributed by atoms with E-state index in [-0.39, 0.29) is 30.7 Å². The van der Waals surface area contributed by atoms with Crippen LogP contribution in [0.4, 0.5) is 0 Å². The van der Waals surface area contributed by atoms with Crippen molar-refractivity contribution in [1.29, 1.82) is 0 Å². The minimum atomic E-state index is 0. The molecule has 2 aliphatic heterocycles. The van der Waals surface area contributed by atoms with E-state index in [1.54, 1.807) is 11.3 Å². The normalized spacial score (nSPS) is 20.3. The van der Waals surface area contributed by atoms with E-state index in [9.17, 15) is 4.79 Å². The number of benzene rings is 1. The van der Waals surface area contributed by atoms with Gasteiger partial charge in [0.05, 0.1) is 0 Å². The van der Waals surface area contributed by atoms with Gasteiger partial charge in [-0.2, -0.15) is 0 Å². The lowest BCUT2D eigenvalue weighted by molar-refractivity contribution is 0.0768. The van der Waals surface area contributed by atoms with Crippen LogP contribution in [0, 0.1) is 0 Å². The molecule has 1 aromatic carbocycles. The molecule has 0 spiro atoms. The molecule has 3 heterocycles. The van der Waals surface area contributed by atoms with Gasteiger partial charge in [0, 0.05) is 56.3 Å². The zero-order valence-corrected chi connectivity index (χ0v) is 16.9. The summed E-state index contributed by atoms with van der Waals surface area (Å²) in [6.07, 6.45) is 1.07. The van der Waals surface area contributed by atoms with E-state index in [1.807, 2.05) is 40.6 Å². The van der Waals surface area contributed by atoms with E-state index in [1.165, 1.54) is 0 Å². The number of aromatic nitrogens is 1. The van der Waals surface area contributed by atoms with Crippen LogP contribution in [0.5, 0.6) is 0 Å². The van der Waals surface area contributed by atoms with E-state index in [0.717, 1.165) is 56.3 Å². The first-order chi connectivity index (χ1) is 11.8. The van der Waals surface area contributed by atoms with Gasteiger partial charge in [-0.15, -0.1) is 36.2 Å². The molecule has 26 heavy (non-hydrogen) atoms. The average molecular weight is 415 g/mol. The van der Waals surface area contributed by atoms with Crippen molar-refractivity contribution in [2.24, 2.45) is 0 Å². The molecule has 8 heteroatoms. The maximum atomic E-state index is 12.8. The molecule has 2 saturated heterocycles. The summed E-state index contributed by atoms with van der Waals surface area (Å²) in [5.41, 5.74) is 1.65. The number of halogens is 2. The van der Waals surface area contributed by atoms with Gasteiger partial charge in [-0.1, -0.05) is 30.3 Å². The summed E-state index contributed by atoms with van der Waals surface area (Å²) in [5, 5.41) is 6.19. The second kappa shape index (κ2) is 9.67. The Morgan fingerprint density at radius 3 is 2.58 bits per heavy atom. The van der Waals surface area contributed by atoms with Gasteiger partial charge >= 0.3 is 0 Å². The Kier molecular flexibility index (Phi) is 7.85. The number of nitrogens with one attached hydrogen (secondary N) is 1. The van der Waals surface area contributed by atoms with Gasteiger partial charge in [0.2, 0.25) is 0 Å². The quantitative estimate of drug-likeness (QED) is 0.838. The van der Waals surface area contributed by atoms with Gasteiger partial charge in [0.25, 0.3) is 5.91 Å². The molecule has 2 aromatic rings. The molecule has 0 saturated carbocycles. The van der Waals surface area contributed by atoms with Crippen molar-refractivity contribution < 1.29 is 4.79 Å². The van der Waals surface area contributed by atoms with Crippen molar-refractivity contribution in [2.75, 3.05) is 39.3 Å². The van der Waals surface area contributed by atoms with Crippen LogP contribution in [0.25, 0.3) is 10.6 Å². The lowest BCUT2D eigenvalue weighted by Crippen LogP contribution is -2.49. The molecule has 5 nitrogen and oxygen atoms in total. The van der Waals surface area contributed by atoms with Crippen LogP contribution in [-0.4, -0.2) is 66.0 Å². The van der Waals surface area contributed by atoms with Gasteiger partial charge in [0.15, 0.2) is 0 Å². The number of carbonyl (C=O) groups excluding carboxylic acids is 1. The third kappa shape index (κ3) is 4.56. The fourth-order valence-electron chi connectivity index (χ4n) is 3.52. The zero-order chi connectivity index (χ0) is 16.4. The van der Waals surface area contributed by atoms with Crippen molar-refractivity contribution in [3.8, 4) is 10.6 Å². The molecule has 1 N–H and O–H groups in total. The molecule has 142 valence electrons. The molecule has 2 fully saturated rings. The third-order valence-corrected chi connectivity index (χ3v) is 5.75. The minimum absolute atomic E-state index is 0. The van der Waals surface area contributed by atoms with E-state index < -0.39 is 0 Å². The number of piperazine rings is 1. The Morgan fingerprint density at radius 2 is 1.85 bits per heavy atom. The minimum Gasteiger partial charge on any atom is -0.336 e. The number of amides is 1. The Bertz CT molecular complexity index is 706. The number of hydrogen-bond donors (Lipinski definition) is 1. The number of thiazole rings is 1. The van der Waals surface area contributed by atoms with Crippen LogP contribution in [0.2, 0.25) is 0 Å². The highest BCUT2D eigenvalue weighted by Gasteiger charge is 2.32. The van der Waals surface area contributed by atoms with Crippen LogP contribution in [0.15, 0.2) is 35.7 Å². The standard InChI is InChI=1S/C18H22N4OS.2ClH/c23-18(16-13-24-17(20-16)14-4-2-1-3-5-14)22-9-6-15(12-22)21-10-7-19-8-11-21;;/h1-5,13,15,19H,6-12H2;2*1H. The molecule has 0 radical (unpaired) electrons. The molecule has 1 amide bonds. The molecule has 1 aromatic heterocycles. The first-order valence-electron chi connectivity index (χ1n) is 8.56. The Balaban J connectivity index is 0.00000121. The van der Waals surface area contributed by atoms with E-state index in [2.05, 4.69) is 15.2 Å². The second-order valence-electron chi connectivity index (χ2n) is 6.38. The van der Waals surface area contributed by atoms with Gasteiger partial charge < -0.3 is 10.2 Å². The topological polar surface area (TPSA) is 48.5 Å². The van der Waals surface area contributed by atoms with Gasteiger partial charge in [-0.3, -0.25) is 9.69 Å². The SMILES string of the molecule is Cl.Cl.O=C(c1csc(-c2ccccc2)n1)N1CCC(N2CCNCC2)C1. The van der Waals surface area contributed by atoms with Crippen LogP contribution < -0.4 is 5.32 Å². The summed E-state index contributed by atoms with van der Waals surface area (Å²) in [7, 11) is 0. The highest BCUT2D eigenvalue weighted by Crippen LogP contribution is 2.25. The summed E-state index contributed by atoms with van der Waals surface area (Å²) in [6.45, 7) is 5.94. The average Bonchev–Trinajstić information content (AvgIpc) is 3.33. The van der Waals surface area contributed by atoms with Crippen molar-refractivity contribution >= 4 is 42.1 Å². The molecular formula is C18H24Cl2N4OS. The lowest BCUT2D eigenvalue weighted by Gasteiger charge is -2.32. The van der Waals surface area contributed by atoms with Crippen LogP contribution in [0.3, 0.4) is 0 Å². The number of hydrogen-bond acceptors (Lipinski definition) is 5. The van der Waals surface area contributed by atoms with Crippen LogP contribution in [0.1, 0.15) is 16.9 Å². The summed E-state index contributed by atoms with van der Waals surface area (Å²) < 4.78 is 0. The Hall–Kier alpha value is -1.18. The Morgan fingerprint density at radius 1 is 1.12 bits per heavy atom. The van der Waals surface area contributed by atoms with Gasteiger partial charge in [-0.05, 0) is 6.42 Å². The van der Waals surface area contributed by atoms with Crippen molar-refractivity contribution in [2.45, 2.75) is 12.5 Å². The molecule has 2 aliphatic rings. The molecular weight excluding hydrogens is 391 g/mol. The maximum Gasteiger partial charge on any atom is 0.273 e. The number of likely N-dealkylation sites (tertiary alicyclic amines) is 1. The molecule has 1 unspecified atom stereocenters. The summed E-state index contributed by atoms with van der Waals surface area (Å²) in [4.78, 5) is 21.8. The van der Waals surface area contributed by atoms with Gasteiger partial charge in [-0.25, -0.2) is 4.98 Å². The van der Waals surface area contributed by atoms with Crippen molar-refractivity contribution in [3.05, 3.63) is 41.4 Å². The third-order valence-electron chi connectivity index (χ3n) is 4.86. The molecule has 4 rings (SSSR count). The zero-order valence-electron chi connectivity index (χ0n) is 14.5. The predicted octanol–water partition coefficient (Wildman–Crippen LogP) is 2.77. The number of rotatable bonds is 3. The van der Waals surface area contributed by atoms with Crippen molar-refractivity contribution in [1.82, 2.24) is 20.1 Å². The lowest BCUT2D eigenvalue weighted by atomic mass is 10.2. The summed E-state index contributed by atoms with van der Waals surface area (Å²) >= 11 is 1.54. The molecule has 0 bridgehead atoms. The number of nitrogens with zero attached hydrogens (tertiary/aromatic N) is 3. The summed E-state index contributed by atoms with van der Waals surface area (Å²) in [6, 6.07) is 10.5. The van der Waals surface area contributed by atoms with Crippen LogP contribution in [-0.2, 0) is 0 Å². The van der Waals surface area contributed by atoms with E-state index in [4.69, 9.17) is 0 Å². The monoisotopic (exact) mass is 414 g/mol. The van der Waals surface area contributed by atoms with E-state index in [0.29, 0.717) is 11.7 Å². The highest BCUT2D eigenvalue weighted by molar-refractivity contribution is 7.13. The largest absolute Gasteiger partial charge is 0.336 e. The highest BCUT2D eigenvalue weighted by atomic mass is 35.5. The number of carbonyl (C=O) groups is 1. The molecule has 1 atom stereocenters. The fraction of sp³-hybridized carbons (Fsp3) is 0.444. The first-order valence-corrected chi connectivity index (χ1v) is 9.44.